The molecule has 0 unspecified atom stereocenters. The summed E-state index contributed by atoms with van der Waals surface area (Å²) in [4.78, 5) is 14.3. The summed E-state index contributed by atoms with van der Waals surface area (Å²) in [6, 6.07) is 3.24. The fourth-order valence-electron chi connectivity index (χ4n) is 3.00. The second-order valence-corrected chi connectivity index (χ2v) is 5.99. The van der Waals surface area contributed by atoms with Crippen LogP contribution in [-0.2, 0) is 4.79 Å². The summed E-state index contributed by atoms with van der Waals surface area (Å²) < 4.78 is 31.7. The third kappa shape index (κ3) is 3.55. The predicted octanol–water partition coefficient (Wildman–Crippen LogP) is 2.86. The minimum absolute atomic E-state index is 0.137. The number of aromatic nitrogens is 2. The van der Waals surface area contributed by atoms with Crippen LogP contribution in [0.15, 0.2) is 30.6 Å². The molecule has 128 valence electrons. The maximum Gasteiger partial charge on any atom is 0.263 e. The van der Waals surface area contributed by atoms with Crippen LogP contribution in [0, 0.1) is 11.6 Å². The van der Waals surface area contributed by atoms with Crippen molar-refractivity contribution < 1.29 is 18.3 Å². The van der Waals surface area contributed by atoms with E-state index in [1.54, 1.807) is 18.0 Å². The largest absolute Gasteiger partial charge is 0.481 e. The number of benzene rings is 1. The molecule has 1 N–H and O–H groups in total. The standard InChI is InChI=1S/C17H19F2N3O2/c1-11(24-14-4-5-15(18)16(19)7-14)17(23)22-6-2-3-12(10-22)13-8-20-21-9-13/h4-5,7-9,11-12H,2-3,6,10H2,1H3,(H,20,21)/t11-,12+/m1/s1. The zero-order valence-corrected chi connectivity index (χ0v) is 13.3. The number of hydrogen-bond donors (Lipinski definition) is 1. The number of H-pyrrole nitrogens is 1. The summed E-state index contributed by atoms with van der Waals surface area (Å²) in [7, 11) is 0. The molecule has 1 fully saturated rings. The van der Waals surface area contributed by atoms with Crippen molar-refractivity contribution in [3.8, 4) is 5.75 Å². The van der Waals surface area contributed by atoms with Crippen molar-refractivity contribution in [3.05, 3.63) is 47.8 Å². The number of amides is 1. The highest BCUT2D eigenvalue weighted by atomic mass is 19.2. The van der Waals surface area contributed by atoms with Gasteiger partial charge < -0.3 is 9.64 Å². The van der Waals surface area contributed by atoms with Crippen LogP contribution in [0.2, 0.25) is 0 Å². The van der Waals surface area contributed by atoms with Crippen LogP contribution in [0.25, 0.3) is 0 Å². The van der Waals surface area contributed by atoms with Crippen LogP contribution >= 0.6 is 0 Å². The Hall–Kier alpha value is -2.44. The van der Waals surface area contributed by atoms with Gasteiger partial charge in [0.2, 0.25) is 0 Å². The number of piperidine rings is 1. The van der Waals surface area contributed by atoms with E-state index >= 15 is 0 Å². The summed E-state index contributed by atoms with van der Waals surface area (Å²) in [6.45, 7) is 2.88. The van der Waals surface area contributed by atoms with Crippen LogP contribution in [0.3, 0.4) is 0 Å². The molecule has 5 nitrogen and oxygen atoms in total. The van der Waals surface area contributed by atoms with Crippen LogP contribution < -0.4 is 4.74 Å². The number of ether oxygens (including phenoxy) is 1. The van der Waals surface area contributed by atoms with Gasteiger partial charge in [-0.25, -0.2) is 8.78 Å². The van der Waals surface area contributed by atoms with E-state index in [2.05, 4.69) is 10.2 Å². The summed E-state index contributed by atoms with van der Waals surface area (Å²) >= 11 is 0. The van der Waals surface area contributed by atoms with E-state index in [1.807, 2.05) is 6.20 Å². The van der Waals surface area contributed by atoms with Gasteiger partial charge in [0.25, 0.3) is 5.91 Å². The first-order valence-corrected chi connectivity index (χ1v) is 7.94. The van der Waals surface area contributed by atoms with Gasteiger partial charge in [0.1, 0.15) is 5.75 Å². The maximum atomic E-state index is 13.2. The van der Waals surface area contributed by atoms with Crippen LogP contribution in [-0.4, -0.2) is 40.2 Å². The zero-order valence-electron chi connectivity index (χ0n) is 13.3. The molecule has 1 saturated heterocycles. The molecule has 2 aromatic rings. The topological polar surface area (TPSA) is 58.2 Å². The SMILES string of the molecule is C[C@@H](Oc1ccc(F)c(F)c1)C(=O)N1CCC[C@H](c2cn[nH]c2)C1. The number of likely N-dealkylation sites (tertiary alicyclic amines) is 1. The predicted molar refractivity (Wildman–Crippen MR) is 83.6 cm³/mol. The van der Waals surface area contributed by atoms with Crippen molar-refractivity contribution in [1.29, 1.82) is 0 Å². The third-order valence-electron chi connectivity index (χ3n) is 4.28. The lowest BCUT2D eigenvalue weighted by molar-refractivity contribution is -0.139. The molecular formula is C17H19F2N3O2. The Balaban J connectivity index is 1.63. The zero-order chi connectivity index (χ0) is 17.1. The third-order valence-corrected chi connectivity index (χ3v) is 4.28. The van der Waals surface area contributed by atoms with Gasteiger partial charge >= 0.3 is 0 Å². The molecule has 1 aromatic carbocycles. The van der Waals surface area contributed by atoms with Gasteiger partial charge in [0.15, 0.2) is 17.7 Å². The molecule has 1 aromatic heterocycles. The first-order chi connectivity index (χ1) is 11.5. The summed E-state index contributed by atoms with van der Waals surface area (Å²) in [5, 5.41) is 6.75. The second kappa shape index (κ2) is 6.98. The van der Waals surface area contributed by atoms with E-state index in [-0.39, 0.29) is 17.6 Å². The molecule has 0 bridgehead atoms. The average Bonchev–Trinajstić information content (AvgIpc) is 3.12. The molecule has 1 aliphatic rings. The monoisotopic (exact) mass is 335 g/mol. The fourth-order valence-corrected chi connectivity index (χ4v) is 3.00. The molecule has 3 rings (SSSR count). The normalized spacial score (nSPS) is 19.1. The van der Waals surface area contributed by atoms with E-state index < -0.39 is 17.7 Å². The highest BCUT2D eigenvalue weighted by molar-refractivity contribution is 5.81. The van der Waals surface area contributed by atoms with Gasteiger partial charge in [-0.2, -0.15) is 5.10 Å². The number of halogens is 2. The van der Waals surface area contributed by atoms with Crippen molar-refractivity contribution in [2.24, 2.45) is 0 Å². The molecule has 2 atom stereocenters. The second-order valence-electron chi connectivity index (χ2n) is 5.99. The van der Waals surface area contributed by atoms with E-state index in [0.717, 1.165) is 30.5 Å². The van der Waals surface area contributed by atoms with Crippen molar-refractivity contribution in [3.63, 3.8) is 0 Å². The van der Waals surface area contributed by atoms with Gasteiger partial charge in [-0.3, -0.25) is 9.89 Å². The average molecular weight is 335 g/mol. The molecule has 1 amide bonds. The number of carbonyl (C=O) groups excluding carboxylic acids is 1. The fraction of sp³-hybridized carbons (Fsp3) is 0.412. The molecule has 0 saturated carbocycles. The van der Waals surface area contributed by atoms with E-state index in [1.165, 1.54) is 6.07 Å². The first-order valence-electron chi connectivity index (χ1n) is 7.94. The van der Waals surface area contributed by atoms with Crippen LogP contribution in [0.4, 0.5) is 8.78 Å². The highest BCUT2D eigenvalue weighted by Gasteiger charge is 2.29. The number of rotatable bonds is 4. The highest BCUT2D eigenvalue weighted by Crippen LogP contribution is 2.27. The summed E-state index contributed by atoms with van der Waals surface area (Å²) in [5.74, 6) is -1.71. The molecule has 7 heteroatoms. The Kier molecular flexibility index (Phi) is 4.78. The first kappa shape index (κ1) is 16.4. The minimum atomic E-state index is -0.995. The summed E-state index contributed by atoms with van der Waals surface area (Å²) in [6.07, 6.45) is 4.76. The van der Waals surface area contributed by atoms with Gasteiger partial charge in [-0.1, -0.05) is 0 Å². The molecule has 2 heterocycles. The Bertz CT molecular complexity index is 706. The molecule has 1 aliphatic heterocycles. The molecule has 0 aliphatic carbocycles. The lowest BCUT2D eigenvalue weighted by atomic mass is 9.92. The molecular weight excluding hydrogens is 316 g/mol. The van der Waals surface area contributed by atoms with Gasteiger partial charge in [0.05, 0.1) is 6.20 Å². The molecule has 0 spiro atoms. The lowest BCUT2D eigenvalue weighted by Crippen LogP contribution is -2.45. The smallest absolute Gasteiger partial charge is 0.263 e. The Morgan fingerprint density at radius 1 is 1.42 bits per heavy atom. The Morgan fingerprint density at radius 3 is 2.96 bits per heavy atom. The van der Waals surface area contributed by atoms with Gasteiger partial charge in [0, 0.05) is 31.3 Å². The Labute approximate surface area is 138 Å². The van der Waals surface area contributed by atoms with Crippen molar-refractivity contribution in [1.82, 2.24) is 15.1 Å². The van der Waals surface area contributed by atoms with Gasteiger partial charge in [-0.05, 0) is 37.5 Å². The Morgan fingerprint density at radius 2 is 2.25 bits per heavy atom. The number of carbonyl (C=O) groups is 1. The lowest BCUT2D eigenvalue weighted by Gasteiger charge is -2.34. The quantitative estimate of drug-likeness (QED) is 0.935. The van der Waals surface area contributed by atoms with Crippen LogP contribution in [0.5, 0.6) is 5.75 Å². The van der Waals surface area contributed by atoms with Gasteiger partial charge in [-0.15, -0.1) is 0 Å². The van der Waals surface area contributed by atoms with E-state index in [9.17, 15) is 13.6 Å². The van der Waals surface area contributed by atoms with Crippen LogP contribution in [0.1, 0.15) is 31.2 Å². The number of nitrogens with one attached hydrogen (secondary N) is 1. The minimum Gasteiger partial charge on any atom is -0.481 e. The van der Waals surface area contributed by atoms with E-state index in [0.29, 0.717) is 13.1 Å². The maximum absolute atomic E-state index is 13.2. The number of hydrogen-bond acceptors (Lipinski definition) is 3. The van der Waals surface area contributed by atoms with E-state index in [4.69, 9.17) is 4.74 Å². The number of aromatic amines is 1. The molecule has 0 radical (unpaired) electrons. The van der Waals surface area contributed by atoms with Crippen molar-refractivity contribution in [2.75, 3.05) is 13.1 Å². The summed E-state index contributed by atoms with van der Waals surface area (Å²) in [5.41, 5.74) is 1.08. The van der Waals surface area contributed by atoms with Crippen molar-refractivity contribution >= 4 is 5.91 Å². The number of nitrogens with zero attached hydrogens (tertiary/aromatic N) is 2. The molecule has 24 heavy (non-hydrogen) atoms. The van der Waals surface area contributed by atoms with Crippen molar-refractivity contribution in [2.45, 2.75) is 31.8 Å².